The number of aryl methyl sites for hydroxylation is 1. The van der Waals surface area contributed by atoms with E-state index in [0.717, 1.165) is 11.3 Å². The van der Waals surface area contributed by atoms with Gasteiger partial charge in [-0.2, -0.15) is 0 Å². The lowest BCUT2D eigenvalue weighted by molar-refractivity contribution is -0.136. The Morgan fingerprint density at radius 3 is 2.29 bits per heavy atom. The first kappa shape index (κ1) is 21.5. The summed E-state index contributed by atoms with van der Waals surface area (Å²) in [5.41, 5.74) is 1.94. The first-order chi connectivity index (χ1) is 14.8. The molecule has 2 amide bonds. The Morgan fingerprint density at radius 1 is 1.00 bits per heavy atom. The second kappa shape index (κ2) is 8.80. The van der Waals surface area contributed by atoms with Crippen molar-refractivity contribution in [2.75, 3.05) is 24.5 Å². The van der Waals surface area contributed by atoms with Gasteiger partial charge in [0.15, 0.2) is 0 Å². The van der Waals surface area contributed by atoms with Gasteiger partial charge in [0, 0.05) is 37.8 Å². The highest BCUT2D eigenvalue weighted by Gasteiger charge is 2.38. The number of rotatable bonds is 5. The molecule has 164 valence electrons. The summed E-state index contributed by atoms with van der Waals surface area (Å²) >= 11 is 0. The monoisotopic (exact) mass is 441 g/mol. The van der Waals surface area contributed by atoms with Crippen molar-refractivity contribution in [2.24, 2.45) is 5.92 Å². The first-order valence-corrected chi connectivity index (χ1v) is 12.0. The fourth-order valence-electron chi connectivity index (χ4n) is 4.21. The zero-order valence-corrected chi connectivity index (χ0v) is 18.3. The molecule has 0 unspecified atom stereocenters. The van der Waals surface area contributed by atoms with Crippen molar-refractivity contribution in [3.8, 4) is 0 Å². The number of nitrogens with one attached hydrogen (secondary N) is 1. The molecule has 2 saturated heterocycles. The number of hydrogen-bond acceptors (Lipinski definition) is 4. The van der Waals surface area contributed by atoms with E-state index >= 15 is 0 Å². The van der Waals surface area contributed by atoms with Gasteiger partial charge in [-0.15, -0.1) is 0 Å². The number of likely N-dealkylation sites (tertiary alicyclic amines) is 1. The minimum Gasteiger partial charge on any atom is -0.342 e. The van der Waals surface area contributed by atoms with E-state index < -0.39 is 10.0 Å². The molecule has 2 heterocycles. The maximum Gasteiger partial charge on any atom is 0.240 e. The highest BCUT2D eigenvalue weighted by Crippen LogP contribution is 2.27. The number of anilines is 1. The minimum atomic E-state index is -3.57. The van der Waals surface area contributed by atoms with Crippen LogP contribution in [0.1, 0.15) is 24.8 Å². The first-order valence-electron chi connectivity index (χ1n) is 10.6. The summed E-state index contributed by atoms with van der Waals surface area (Å²) in [5, 5.41) is 0. The van der Waals surface area contributed by atoms with Crippen molar-refractivity contribution < 1.29 is 18.0 Å². The maximum absolute atomic E-state index is 13.0. The van der Waals surface area contributed by atoms with Gasteiger partial charge in [-0.25, -0.2) is 13.1 Å². The number of hydrogen-bond donors (Lipinski definition) is 1. The van der Waals surface area contributed by atoms with Crippen molar-refractivity contribution in [2.45, 2.75) is 37.1 Å². The van der Waals surface area contributed by atoms with Crippen molar-refractivity contribution >= 4 is 27.5 Å². The lowest BCUT2D eigenvalue weighted by atomic mass is 10.0. The van der Waals surface area contributed by atoms with Crippen molar-refractivity contribution in [1.82, 2.24) is 9.62 Å². The molecule has 7 nitrogen and oxygen atoms in total. The fourth-order valence-corrected chi connectivity index (χ4v) is 5.54. The molecule has 0 aliphatic carbocycles. The van der Waals surface area contributed by atoms with Crippen LogP contribution in [0, 0.1) is 12.8 Å². The molecular weight excluding hydrogens is 414 g/mol. The Balaban J connectivity index is 1.32. The van der Waals surface area contributed by atoms with Gasteiger partial charge in [0.25, 0.3) is 0 Å². The second-order valence-electron chi connectivity index (χ2n) is 8.27. The summed E-state index contributed by atoms with van der Waals surface area (Å²) in [6, 6.07) is 15.8. The van der Waals surface area contributed by atoms with Crippen molar-refractivity contribution in [3.63, 3.8) is 0 Å². The van der Waals surface area contributed by atoms with Crippen LogP contribution in [0.4, 0.5) is 5.69 Å². The molecule has 8 heteroatoms. The van der Waals surface area contributed by atoms with E-state index in [1.54, 1.807) is 40.1 Å². The normalized spacial score (nSPS) is 20.3. The third kappa shape index (κ3) is 4.80. The third-order valence-corrected chi connectivity index (χ3v) is 7.54. The molecule has 0 bridgehead atoms. The Bertz CT molecular complexity index is 1050. The van der Waals surface area contributed by atoms with E-state index in [0.29, 0.717) is 32.5 Å². The van der Waals surface area contributed by atoms with Gasteiger partial charge in [0.1, 0.15) is 0 Å². The number of carbonyl (C=O) groups excluding carboxylic acids is 2. The second-order valence-corrected chi connectivity index (χ2v) is 9.99. The van der Waals surface area contributed by atoms with E-state index in [4.69, 9.17) is 0 Å². The average Bonchev–Trinajstić information content (AvgIpc) is 3.16. The Morgan fingerprint density at radius 2 is 1.65 bits per heavy atom. The van der Waals surface area contributed by atoms with Crippen molar-refractivity contribution in [1.29, 1.82) is 0 Å². The van der Waals surface area contributed by atoms with E-state index in [2.05, 4.69) is 4.72 Å². The highest BCUT2D eigenvalue weighted by atomic mass is 32.2. The highest BCUT2D eigenvalue weighted by molar-refractivity contribution is 7.89. The molecule has 4 rings (SSSR count). The van der Waals surface area contributed by atoms with E-state index in [1.165, 1.54) is 0 Å². The molecule has 0 spiro atoms. The summed E-state index contributed by atoms with van der Waals surface area (Å²) in [5.74, 6) is -0.411. The molecule has 2 aromatic carbocycles. The van der Waals surface area contributed by atoms with Crippen LogP contribution >= 0.6 is 0 Å². The zero-order chi connectivity index (χ0) is 22.0. The van der Waals surface area contributed by atoms with Gasteiger partial charge in [0.2, 0.25) is 21.8 Å². The topological polar surface area (TPSA) is 86.8 Å². The van der Waals surface area contributed by atoms with Crippen molar-refractivity contribution in [3.05, 3.63) is 60.2 Å². The van der Waals surface area contributed by atoms with E-state index in [1.807, 2.05) is 31.2 Å². The molecule has 2 aromatic rings. The molecule has 2 fully saturated rings. The van der Waals surface area contributed by atoms with Gasteiger partial charge in [-0.05, 0) is 44.0 Å². The van der Waals surface area contributed by atoms with Gasteiger partial charge in [0.05, 0.1) is 10.8 Å². The molecular formula is C23H27N3O4S. The fraction of sp³-hybridized carbons (Fsp3) is 0.391. The minimum absolute atomic E-state index is 0.0210. The molecule has 2 aliphatic heterocycles. The van der Waals surface area contributed by atoms with Gasteiger partial charge in [-0.1, -0.05) is 35.9 Å². The van der Waals surface area contributed by atoms with Gasteiger partial charge in [-0.3, -0.25) is 9.59 Å². The summed E-state index contributed by atoms with van der Waals surface area (Å²) < 4.78 is 27.8. The standard InChI is InChI=1S/C23H27N3O4S/c1-17-7-9-20(10-8-17)26-16-18(15-22(26)27)23(28)25-13-11-19(12-14-25)24-31(29,30)21-5-3-2-4-6-21/h2-10,18-19,24H,11-16H2,1H3/t18-/m1/s1. The van der Waals surface area contributed by atoms with Gasteiger partial charge < -0.3 is 9.80 Å². The predicted octanol–water partition coefficient (Wildman–Crippen LogP) is 2.32. The maximum atomic E-state index is 13.0. The van der Waals surface area contributed by atoms with Crippen LogP contribution in [-0.4, -0.2) is 50.8 Å². The number of nitrogens with zero attached hydrogens (tertiary/aromatic N) is 2. The third-order valence-electron chi connectivity index (χ3n) is 6.00. The Hall–Kier alpha value is -2.71. The van der Waals surface area contributed by atoms with Crippen LogP contribution in [-0.2, 0) is 19.6 Å². The number of piperidine rings is 1. The van der Waals surface area contributed by atoms with Gasteiger partial charge >= 0.3 is 0 Å². The molecule has 0 saturated carbocycles. The molecule has 1 N–H and O–H groups in total. The largest absolute Gasteiger partial charge is 0.342 e. The van der Waals surface area contributed by atoms with Crippen LogP contribution in [0.5, 0.6) is 0 Å². The SMILES string of the molecule is Cc1ccc(N2C[C@H](C(=O)N3CCC(NS(=O)(=O)c4ccccc4)CC3)CC2=O)cc1. The number of carbonyl (C=O) groups is 2. The van der Waals surface area contributed by atoms with Crippen LogP contribution in [0.15, 0.2) is 59.5 Å². The number of amides is 2. The Labute approximate surface area is 183 Å². The van der Waals surface area contributed by atoms with Crippen LogP contribution in [0.2, 0.25) is 0 Å². The smallest absolute Gasteiger partial charge is 0.240 e. The van der Waals surface area contributed by atoms with Crippen LogP contribution < -0.4 is 9.62 Å². The van der Waals surface area contributed by atoms with E-state index in [-0.39, 0.29) is 35.1 Å². The molecule has 1 atom stereocenters. The predicted molar refractivity (Wildman–Crippen MR) is 118 cm³/mol. The molecule has 2 aliphatic rings. The average molecular weight is 442 g/mol. The van der Waals surface area contributed by atoms with Crippen LogP contribution in [0.25, 0.3) is 0 Å². The lowest BCUT2D eigenvalue weighted by Gasteiger charge is -2.33. The zero-order valence-electron chi connectivity index (χ0n) is 17.5. The van der Waals surface area contributed by atoms with Crippen LogP contribution in [0.3, 0.4) is 0 Å². The molecule has 31 heavy (non-hydrogen) atoms. The number of benzene rings is 2. The van der Waals surface area contributed by atoms with E-state index in [9.17, 15) is 18.0 Å². The summed E-state index contributed by atoms with van der Waals surface area (Å²) in [4.78, 5) is 29.2. The molecule has 0 aromatic heterocycles. The Kier molecular flexibility index (Phi) is 6.11. The number of sulfonamides is 1. The molecule has 0 radical (unpaired) electrons. The summed E-state index contributed by atoms with van der Waals surface area (Å²) in [6.45, 7) is 3.35. The lowest BCUT2D eigenvalue weighted by Crippen LogP contribution is -2.48. The summed E-state index contributed by atoms with van der Waals surface area (Å²) in [6.07, 6.45) is 1.33. The summed E-state index contributed by atoms with van der Waals surface area (Å²) in [7, 11) is -3.57. The quantitative estimate of drug-likeness (QED) is 0.772.